The molecule has 0 saturated carbocycles. The first kappa shape index (κ1) is 17.0. The van der Waals surface area contributed by atoms with Gasteiger partial charge in [-0.2, -0.15) is 8.42 Å². The molecule has 2 rings (SSSR count). The zero-order chi connectivity index (χ0) is 16.3. The quantitative estimate of drug-likeness (QED) is 0.291. The number of anilines is 1. The van der Waals surface area contributed by atoms with Crippen molar-refractivity contribution in [1.29, 1.82) is 0 Å². The van der Waals surface area contributed by atoms with Gasteiger partial charge in [0.25, 0.3) is 10.1 Å². The summed E-state index contributed by atoms with van der Waals surface area (Å²) < 4.78 is 33.4. The van der Waals surface area contributed by atoms with E-state index in [1.54, 1.807) is 43.3 Å². The number of carbonyl (C=O) groups is 1. The van der Waals surface area contributed by atoms with Crippen molar-refractivity contribution in [2.24, 2.45) is 0 Å². The Balaban J connectivity index is 2.48. The van der Waals surface area contributed by atoms with E-state index in [0.29, 0.717) is 15.2 Å². The number of alkyl halides is 1. The van der Waals surface area contributed by atoms with E-state index in [0.717, 1.165) is 0 Å². The second-order valence-electron chi connectivity index (χ2n) is 4.71. The Kier molecular flexibility index (Phi) is 5.24. The maximum absolute atomic E-state index is 11.8. The monoisotopic (exact) mass is 434 g/mol. The Morgan fingerprint density at radius 1 is 1.27 bits per heavy atom. The number of amides is 1. The first-order valence-electron chi connectivity index (χ1n) is 6.44. The van der Waals surface area contributed by atoms with Crippen molar-refractivity contribution in [2.45, 2.75) is 18.0 Å². The predicted molar refractivity (Wildman–Crippen MR) is 93.9 cm³/mol. The van der Waals surface area contributed by atoms with Gasteiger partial charge >= 0.3 is 0 Å². The molecule has 1 atom stereocenters. The van der Waals surface area contributed by atoms with E-state index in [2.05, 4.69) is 10.6 Å². The number of fused-ring (bicyclic) bond motifs is 1. The van der Waals surface area contributed by atoms with E-state index in [-0.39, 0.29) is 16.5 Å². The molecule has 0 aliphatic rings. The molecule has 0 aliphatic carbocycles. The number of halogens is 1. The lowest BCUT2D eigenvalue weighted by Crippen LogP contribution is -2.38. The SMILES string of the molecule is C[C@H](NC(=O)CI)Nc1ccc2ccccc2c1S(=O)(=O)O. The summed E-state index contributed by atoms with van der Waals surface area (Å²) in [5, 5.41) is 6.69. The summed E-state index contributed by atoms with van der Waals surface area (Å²) in [5.74, 6) is -0.171. The number of hydrogen-bond donors (Lipinski definition) is 3. The molecule has 0 aromatic heterocycles. The molecule has 22 heavy (non-hydrogen) atoms. The third-order valence-corrected chi connectivity index (χ3v) is 4.66. The number of nitrogens with one attached hydrogen (secondary N) is 2. The fourth-order valence-corrected chi connectivity index (χ4v) is 3.27. The van der Waals surface area contributed by atoms with Crippen molar-refractivity contribution in [2.75, 3.05) is 9.74 Å². The molecule has 6 nitrogen and oxygen atoms in total. The van der Waals surface area contributed by atoms with Crippen LogP contribution < -0.4 is 10.6 Å². The molecule has 0 unspecified atom stereocenters. The lowest BCUT2D eigenvalue weighted by atomic mass is 10.1. The van der Waals surface area contributed by atoms with Crippen LogP contribution in [-0.4, -0.2) is 29.5 Å². The van der Waals surface area contributed by atoms with Crippen LogP contribution in [0.4, 0.5) is 5.69 Å². The summed E-state index contributed by atoms with van der Waals surface area (Å²) >= 11 is 1.93. The van der Waals surface area contributed by atoms with Crippen LogP contribution in [0.2, 0.25) is 0 Å². The maximum atomic E-state index is 11.8. The van der Waals surface area contributed by atoms with Crippen LogP contribution in [0.5, 0.6) is 0 Å². The van der Waals surface area contributed by atoms with Gasteiger partial charge in [-0.1, -0.05) is 52.9 Å². The zero-order valence-corrected chi connectivity index (χ0v) is 14.7. The molecule has 3 N–H and O–H groups in total. The zero-order valence-electron chi connectivity index (χ0n) is 11.7. The van der Waals surface area contributed by atoms with Gasteiger partial charge in [0.15, 0.2) is 0 Å². The van der Waals surface area contributed by atoms with E-state index in [1.165, 1.54) is 0 Å². The molecule has 0 bridgehead atoms. The summed E-state index contributed by atoms with van der Waals surface area (Å²) in [5.41, 5.74) is 0.238. The summed E-state index contributed by atoms with van der Waals surface area (Å²) in [7, 11) is -4.42. The van der Waals surface area contributed by atoms with Crippen LogP contribution in [0.1, 0.15) is 6.92 Å². The van der Waals surface area contributed by atoms with Crippen LogP contribution in [0.15, 0.2) is 41.3 Å². The minimum atomic E-state index is -4.42. The molecule has 1 amide bonds. The topological polar surface area (TPSA) is 95.5 Å². The molecule has 0 fully saturated rings. The van der Waals surface area contributed by atoms with Crippen molar-refractivity contribution in [3.8, 4) is 0 Å². The standard InChI is InChI=1S/C14H15IN2O4S/c1-9(17-13(18)8-15)16-12-7-6-10-4-2-3-5-11(10)14(12)22(19,20)21/h2-7,9,16H,8H2,1H3,(H,17,18)(H,19,20,21)/t9-/m0/s1. The lowest BCUT2D eigenvalue weighted by molar-refractivity contribution is -0.118. The normalized spacial score (nSPS) is 12.9. The lowest BCUT2D eigenvalue weighted by Gasteiger charge is -2.19. The second kappa shape index (κ2) is 6.80. The molecular weight excluding hydrogens is 419 g/mol. The molecule has 0 saturated heterocycles. The van der Waals surface area contributed by atoms with E-state index >= 15 is 0 Å². The highest BCUT2D eigenvalue weighted by molar-refractivity contribution is 14.1. The highest BCUT2D eigenvalue weighted by Crippen LogP contribution is 2.30. The first-order chi connectivity index (χ1) is 10.3. The molecule has 0 heterocycles. The summed E-state index contributed by atoms with van der Waals surface area (Å²) in [6, 6.07) is 10.2. The molecule has 2 aromatic rings. The molecule has 2 aromatic carbocycles. The smallest absolute Gasteiger partial charge is 0.297 e. The van der Waals surface area contributed by atoms with Crippen LogP contribution >= 0.6 is 22.6 Å². The van der Waals surface area contributed by atoms with E-state index in [4.69, 9.17) is 0 Å². The average Bonchev–Trinajstić information content (AvgIpc) is 2.45. The molecule has 0 spiro atoms. The molecule has 118 valence electrons. The van der Waals surface area contributed by atoms with E-state index < -0.39 is 16.3 Å². The van der Waals surface area contributed by atoms with Crippen LogP contribution in [-0.2, 0) is 14.9 Å². The maximum Gasteiger partial charge on any atom is 0.297 e. The molecule has 0 radical (unpaired) electrons. The molecular formula is C14H15IN2O4S. The highest BCUT2D eigenvalue weighted by atomic mass is 127. The molecule has 8 heteroatoms. The van der Waals surface area contributed by atoms with Gasteiger partial charge in [-0.15, -0.1) is 0 Å². The van der Waals surface area contributed by atoms with Gasteiger partial charge in [0, 0.05) is 5.39 Å². The summed E-state index contributed by atoms with van der Waals surface area (Å²) in [6.45, 7) is 1.69. The minimum Gasteiger partial charge on any atom is -0.364 e. The van der Waals surface area contributed by atoms with Gasteiger partial charge in [0.05, 0.1) is 16.3 Å². The van der Waals surface area contributed by atoms with Gasteiger partial charge in [0.2, 0.25) is 5.91 Å². The van der Waals surface area contributed by atoms with Crippen molar-refractivity contribution >= 4 is 55.1 Å². The van der Waals surface area contributed by atoms with Gasteiger partial charge in [-0.05, 0) is 18.4 Å². The first-order valence-corrected chi connectivity index (χ1v) is 9.40. The average molecular weight is 434 g/mol. The summed E-state index contributed by atoms with van der Waals surface area (Å²) in [6.07, 6.45) is -0.482. The summed E-state index contributed by atoms with van der Waals surface area (Å²) in [4.78, 5) is 11.2. The Morgan fingerprint density at radius 2 is 1.95 bits per heavy atom. The van der Waals surface area contributed by atoms with Gasteiger partial charge in [-0.3, -0.25) is 9.35 Å². The number of benzene rings is 2. The Bertz CT molecular complexity index is 808. The predicted octanol–water partition coefficient (Wildman–Crippen LogP) is 2.40. The number of rotatable bonds is 5. The van der Waals surface area contributed by atoms with E-state index in [1.807, 2.05) is 22.6 Å². The van der Waals surface area contributed by atoms with Crippen molar-refractivity contribution < 1.29 is 17.8 Å². The second-order valence-corrected chi connectivity index (χ2v) is 6.83. The van der Waals surface area contributed by atoms with Crippen molar-refractivity contribution in [3.05, 3.63) is 36.4 Å². The third-order valence-electron chi connectivity index (χ3n) is 3.01. The number of carbonyl (C=O) groups excluding carboxylic acids is 1. The minimum absolute atomic E-state index is 0.171. The highest BCUT2D eigenvalue weighted by Gasteiger charge is 2.20. The van der Waals surface area contributed by atoms with Gasteiger partial charge in [-0.25, -0.2) is 0 Å². The fourth-order valence-electron chi connectivity index (χ4n) is 2.18. The van der Waals surface area contributed by atoms with Crippen molar-refractivity contribution in [3.63, 3.8) is 0 Å². The Labute approximate surface area is 142 Å². The Hall–Kier alpha value is -1.39. The third kappa shape index (κ3) is 3.87. The largest absolute Gasteiger partial charge is 0.364 e. The van der Waals surface area contributed by atoms with Crippen molar-refractivity contribution in [1.82, 2.24) is 5.32 Å². The van der Waals surface area contributed by atoms with E-state index in [9.17, 15) is 17.8 Å². The fraction of sp³-hybridized carbons (Fsp3) is 0.214. The van der Waals surface area contributed by atoms with Crippen LogP contribution in [0, 0.1) is 0 Å². The number of hydrogen-bond acceptors (Lipinski definition) is 4. The van der Waals surface area contributed by atoms with Crippen LogP contribution in [0.3, 0.4) is 0 Å². The Morgan fingerprint density at radius 3 is 2.59 bits per heavy atom. The molecule has 0 aliphatic heterocycles. The van der Waals surface area contributed by atoms with Crippen LogP contribution in [0.25, 0.3) is 10.8 Å². The van der Waals surface area contributed by atoms with Gasteiger partial charge in [0.1, 0.15) is 4.90 Å². The van der Waals surface area contributed by atoms with Gasteiger partial charge < -0.3 is 10.6 Å².